The first-order valence-corrected chi connectivity index (χ1v) is 4.89. The Morgan fingerprint density at radius 1 is 1.54 bits per heavy atom. The fourth-order valence-electron chi connectivity index (χ4n) is 0.797. The number of unbranched alkanes of at least 4 members (excludes halogenated alkanes) is 1. The Hall–Kier alpha value is -0.900. The lowest BCUT2D eigenvalue weighted by atomic mass is 10.2. The van der Waals surface area contributed by atoms with Gasteiger partial charge in [-0.2, -0.15) is 5.10 Å². The topological polar surface area (TPSA) is 50.4 Å². The lowest BCUT2D eigenvalue weighted by molar-refractivity contribution is 0.944. The van der Waals surface area contributed by atoms with E-state index in [1.807, 2.05) is 0 Å². The number of allylic oxidation sites excluding steroid dienone is 2. The van der Waals surface area contributed by atoms with Gasteiger partial charge in [0.2, 0.25) is 0 Å². The third-order valence-electron chi connectivity index (χ3n) is 1.51. The normalized spacial score (nSPS) is 12.0. The number of nitrogens with two attached hydrogens (primary N) is 1. The zero-order valence-corrected chi connectivity index (χ0v) is 9.03. The van der Waals surface area contributed by atoms with E-state index in [0.717, 1.165) is 19.3 Å². The summed E-state index contributed by atoms with van der Waals surface area (Å²) in [5.74, 6) is 0. The van der Waals surface area contributed by atoms with E-state index in [0.29, 0.717) is 0 Å². The Morgan fingerprint density at radius 2 is 2.23 bits per heavy atom. The van der Waals surface area contributed by atoms with Gasteiger partial charge >= 0.3 is 0 Å². The average molecular weight is 199 g/mol. The molecule has 0 aromatic carbocycles. The van der Waals surface area contributed by atoms with Gasteiger partial charge in [0.1, 0.15) is 0 Å². The van der Waals surface area contributed by atoms with Gasteiger partial charge in [0.05, 0.1) is 6.21 Å². The largest absolute Gasteiger partial charge is 0.375 e. The Labute approximate surface area is 85.1 Å². The van der Waals surface area contributed by atoms with Crippen LogP contribution >= 0.6 is 12.2 Å². The summed E-state index contributed by atoms with van der Waals surface area (Å²) in [4.78, 5) is 0. The average Bonchev–Trinajstić information content (AvgIpc) is 2.10. The Bertz CT molecular complexity index is 209. The molecule has 3 N–H and O–H groups in total. The molecule has 74 valence electrons. The van der Waals surface area contributed by atoms with Crippen molar-refractivity contribution in [3.05, 3.63) is 11.6 Å². The van der Waals surface area contributed by atoms with E-state index in [9.17, 15) is 0 Å². The molecule has 0 aromatic heterocycles. The lowest BCUT2D eigenvalue weighted by Crippen LogP contribution is -2.24. The predicted octanol–water partition coefficient (Wildman–Crippen LogP) is 1.94. The van der Waals surface area contributed by atoms with E-state index < -0.39 is 0 Å². The number of hydrogen-bond donors (Lipinski definition) is 2. The van der Waals surface area contributed by atoms with Crippen LogP contribution in [-0.4, -0.2) is 11.3 Å². The maximum absolute atomic E-state index is 5.21. The summed E-state index contributed by atoms with van der Waals surface area (Å²) in [7, 11) is 0. The van der Waals surface area contributed by atoms with Crippen LogP contribution in [0.25, 0.3) is 0 Å². The van der Waals surface area contributed by atoms with Crippen LogP contribution in [0.1, 0.15) is 33.1 Å². The molecule has 4 heteroatoms. The third-order valence-corrected chi connectivity index (χ3v) is 1.60. The minimum absolute atomic E-state index is 0.196. The maximum Gasteiger partial charge on any atom is 0.184 e. The molecule has 0 aliphatic heterocycles. The van der Waals surface area contributed by atoms with Crippen molar-refractivity contribution in [1.82, 2.24) is 5.43 Å². The molecule has 0 aliphatic carbocycles. The van der Waals surface area contributed by atoms with Crippen molar-refractivity contribution in [2.24, 2.45) is 10.8 Å². The molecule has 0 rings (SSSR count). The molecule has 0 saturated heterocycles. The van der Waals surface area contributed by atoms with Crippen LogP contribution in [0.5, 0.6) is 0 Å². The van der Waals surface area contributed by atoms with Crippen molar-refractivity contribution < 1.29 is 0 Å². The fourth-order valence-corrected chi connectivity index (χ4v) is 0.850. The SMILES string of the molecule is CCC/C=C(/C=NNC(N)=S)CC. The number of nitrogens with one attached hydrogen (secondary N) is 1. The smallest absolute Gasteiger partial charge is 0.184 e. The minimum atomic E-state index is 0.196. The maximum atomic E-state index is 5.21. The first kappa shape index (κ1) is 12.1. The number of hydrazone groups is 1. The third kappa shape index (κ3) is 7.46. The highest BCUT2D eigenvalue weighted by molar-refractivity contribution is 7.80. The number of nitrogens with zero attached hydrogens (tertiary/aromatic N) is 1. The van der Waals surface area contributed by atoms with Crippen LogP contribution in [0.2, 0.25) is 0 Å². The molecule has 0 unspecified atom stereocenters. The van der Waals surface area contributed by atoms with Crippen molar-refractivity contribution in [1.29, 1.82) is 0 Å². The van der Waals surface area contributed by atoms with E-state index in [-0.39, 0.29) is 5.11 Å². The molecule has 0 fully saturated rings. The predicted molar refractivity (Wildman–Crippen MR) is 61.7 cm³/mol. The van der Waals surface area contributed by atoms with Gasteiger partial charge in [0.25, 0.3) is 0 Å². The van der Waals surface area contributed by atoms with Gasteiger partial charge in [-0.1, -0.05) is 26.3 Å². The van der Waals surface area contributed by atoms with E-state index in [1.165, 1.54) is 5.57 Å². The molecule has 3 nitrogen and oxygen atoms in total. The summed E-state index contributed by atoms with van der Waals surface area (Å²) in [6.07, 6.45) is 7.14. The Morgan fingerprint density at radius 3 is 2.69 bits per heavy atom. The van der Waals surface area contributed by atoms with Gasteiger partial charge in [-0.05, 0) is 30.6 Å². The molecular formula is C9H17N3S. The van der Waals surface area contributed by atoms with Crippen molar-refractivity contribution in [2.75, 3.05) is 0 Å². The summed E-state index contributed by atoms with van der Waals surface area (Å²) in [6, 6.07) is 0. The molecule has 0 spiro atoms. The second-order valence-electron chi connectivity index (χ2n) is 2.66. The van der Waals surface area contributed by atoms with Crippen LogP contribution in [0.4, 0.5) is 0 Å². The van der Waals surface area contributed by atoms with Crippen LogP contribution in [0.15, 0.2) is 16.8 Å². The van der Waals surface area contributed by atoms with Gasteiger partial charge in [-0.15, -0.1) is 0 Å². The van der Waals surface area contributed by atoms with Crippen molar-refractivity contribution in [2.45, 2.75) is 33.1 Å². The van der Waals surface area contributed by atoms with E-state index >= 15 is 0 Å². The van der Waals surface area contributed by atoms with E-state index in [2.05, 4.69) is 42.7 Å². The van der Waals surface area contributed by atoms with Gasteiger partial charge in [-0.25, -0.2) is 0 Å². The Kier molecular flexibility index (Phi) is 7.20. The van der Waals surface area contributed by atoms with Crippen LogP contribution in [0.3, 0.4) is 0 Å². The summed E-state index contributed by atoms with van der Waals surface area (Å²) < 4.78 is 0. The van der Waals surface area contributed by atoms with E-state index in [1.54, 1.807) is 6.21 Å². The summed E-state index contributed by atoms with van der Waals surface area (Å²) in [5, 5.41) is 4.08. The lowest BCUT2D eigenvalue weighted by Gasteiger charge is -1.97. The number of rotatable bonds is 5. The van der Waals surface area contributed by atoms with Gasteiger partial charge in [0.15, 0.2) is 5.11 Å². The quantitative estimate of drug-likeness (QED) is 0.404. The summed E-state index contributed by atoms with van der Waals surface area (Å²) in [5.41, 5.74) is 8.93. The second kappa shape index (κ2) is 7.73. The van der Waals surface area contributed by atoms with Crippen molar-refractivity contribution in [3.8, 4) is 0 Å². The number of hydrogen-bond acceptors (Lipinski definition) is 2. The summed E-state index contributed by atoms with van der Waals surface area (Å²) in [6.45, 7) is 4.24. The molecule has 0 aromatic rings. The van der Waals surface area contributed by atoms with Gasteiger partial charge in [0, 0.05) is 0 Å². The number of thiocarbonyl (C=S) groups is 1. The van der Waals surface area contributed by atoms with Crippen molar-refractivity contribution in [3.63, 3.8) is 0 Å². The highest BCUT2D eigenvalue weighted by Gasteiger charge is 1.88. The molecule has 0 saturated carbocycles. The summed E-state index contributed by atoms with van der Waals surface area (Å²) >= 11 is 4.60. The van der Waals surface area contributed by atoms with Gasteiger partial charge in [-0.3, -0.25) is 5.43 Å². The molecule has 0 heterocycles. The zero-order chi connectivity index (χ0) is 10.1. The minimum Gasteiger partial charge on any atom is -0.375 e. The first-order valence-electron chi connectivity index (χ1n) is 4.48. The van der Waals surface area contributed by atoms with Crippen LogP contribution in [-0.2, 0) is 0 Å². The molecule has 0 amide bonds. The molecule has 13 heavy (non-hydrogen) atoms. The Balaban J connectivity index is 3.96. The standard InChI is InChI=1S/C9H17N3S/c1-3-5-6-8(4-2)7-11-12-9(10)13/h6-7H,3-5H2,1-2H3,(H3,10,12,13)/b8-6+,11-7?. The highest BCUT2D eigenvalue weighted by atomic mass is 32.1. The molecule has 0 aliphatic rings. The van der Waals surface area contributed by atoms with Crippen LogP contribution in [0, 0.1) is 0 Å². The van der Waals surface area contributed by atoms with E-state index in [4.69, 9.17) is 5.73 Å². The molecular weight excluding hydrogens is 182 g/mol. The monoisotopic (exact) mass is 199 g/mol. The molecule has 0 bridgehead atoms. The van der Waals surface area contributed by atoms with Crippen LogP contribution < -0.4 is 11.2 Å². The van der Waals surface area contributed by atoms with Crippen molar-refractivity contribution >= 4 is 23.5 Å². The van der Waals surface area contributed by atoms with Gasteiger partial charge < -0.3 is 5.73 Å². The molecule has 0 radical (unpaired) electrons. The zero-order valence-electron chi connectivity index (χ0n) is 8.21. The first-order chi connectivity index (χ1) is 6.20. The fraction of sp³-hybridized carbons (Fsp3) is 0.556. The molecule has 0 atom stereocenters. The highest BCUT2D eigenvalue weighted by Crippen LogP contribution is 2.00. The second-order valence-corrected chi connectivity index (χ2v) is 3.10.